The second kappa shape index (κ2) is 15.9. The van der Waals surface area contributed by atoms with E-state index >= 15 is 0 Å². The molecule has 0 aliphatic rings. The number of hydrogen-bond donors (Lipinski definition) is 1. The van der Waals surface area contributed by atoms with E-state index in [0.717, 1.165) is 6.07 Å². The lowest BCUT2D eigenvalue weighted by atomic mass is 10.1. The molecule has 2 rings (SSSR count). The molecule has 212 valence electrons. The van der Waals surface area contributed by atoms with Crippen LogP contribution >= 0.6 is 0 Å². The number of ether oxygens (including phenoxy) is 3. The van der Waals surface area contributed by atoms with Crippen LogP contribution in [0.4, 0.5) is 5.69 Å². The number of methoxy groups -OCH3 is 1. The number of nitrogens with one attached hydrogen (secondary N) is 1. The third kappa shape index (κ3) is 9.61. The average molecular weight is 558 g/mol. The molecule has 1 unspecified atom stereocenters. The Hall–Kier alpha value is -5.17. The van der Waals surface area contributed by atoms with Gasteiger partial charge in [-0.2, -0.15) is 0 Å². The molecule has 0 heterocycles. The number of benzene rings is 2. The van der Waals surface area contributed by atoms with E-state index in [0.29, 0.717) is 17.4 Å². The molecular formula is C25H27N5O10. The van der Waals surface area contributed by atoms with Gasteiger partial charge in [-0.1, -0.05) is 12.1 Å². The van der Waals surface area contributed by atoms with Gasteiger partial charge in [0, 0.05) is 35.4 Å². The van der Waals surface area contributed by atoms with Crippen molar-refractivity contribution in [1.82, 2.24) is 5.32 Å². The van der Waals surface area contributed by atoms with Crippen molar-refractivity contribution < 1.29 is 43.1 Å². The van der Waals surface area contributed by atoms with Crippen LogP contribution in [0.3, 0.4) is 0 Å². The second-order valence-corrected chi connectivity index (χ2v) is 8.14. The van der Waals surface area contributed by atoms with Gasteiger partial charge in [-0.15, -0.1) is 0 Å². The number of azide groups is 1. The summed E-state index contributed by atoms with van der Waals surface area (Å²) in [5, 5.41) is 17.1. The van der Waals surface area contributed by atoms with Gasteiger partial charge >= 0.3 is 11.9 Å². The number of rotatable bonds is 16. The molecule has 0 saturated heterocycles. The molecule has 15 heteroatoms. The van der Waals surface area contributed by atoms with Gasteiger partial charge in [0.15, 0.2) is 11.5 Å². The zero-order chi connectivity index (χ0) is 29.5. The summed E-state index contributed by atoms with van der Waals surface area (Å²) >= 11 is 0. The molecule has 1 N–H and O–H groups in total. The Bertz CT molecular complexity index is 1280. The number of esters is 1. The summed E-state index contributed by atoms with van der Waals surface area (Å²) in [6.07, 6.45) is -0.0769. The van der Waals surface area contributed by atoms with Crippen molar-refractivity contribution >= 4 is 29.8 Å². The smallest absolute Gasteiger partial charge is 0.317 e. The third-order valence-corrected chi connectivity index (χ3v) is 5.37. The number of hydrogen-bond acceptors (Lipinski definition) is 11. The third-order valence-electron chi connectivity index (χ3n) is 5.37. The monoisotopic (exact) mass is 557 g/mol. The van der Waals surface area contributed by atoms with Gasteiger partial charge in [-0.25, -0.2) is 0 Å². The van der Waals surface area contributed by atoms with Gasteiger partial charge in [0.25, 0.3) is 11.6 Å². The fourth-order valence-electron chi connectivity index (χ4n) is 3.40. The molecule has 2 aromatic carbocycles. The Kier molecular flexibility index (Phi) is 12.4. The number of nitro groups is 1. The lowest BCUT2D eigenvalue weighted by molar-refractivity contribution is -0.386. The fraction of sp³-hybridized carbons (Fsp3) is 0.360. The minimum Gasteiger partial charge on any atom is -0.493 e. The first-order valence-corrected chi connectivity index (χ1v) is 12.0. The fourth-order valence-corrected chi connectivity index (χ4v) is 3.40. The van der Waals surface area contributed by atoms with E-state index < -0.39 is 23.0 Å². The Balaban J connectivity index is 1.93. The minimum atomic E-state index is -1.00. The van der Waals surface area contributed by atoms with Gasteiger partial charge in [0.2, 0.25) is 0 Å². The predicted molar refractivity (Wildman–Crippen MR) is 138 cm³/mol. The summed E-state index contributed by atoms with van der Waals surface area (Å²) in [6.45, 7) is 1.63. The number of carbonyl (C=O) groups excluding carboxylic acids is 4. The molecule has 0 radical (unpaired) electrons. The van der Waals surface area contributed by atoms with Crippen LogP contribution in [0.5, 0.6) is 11.5 Å². The Labute approximate surface area is 228 Å². The minimum absolute atomic E-state index is 0.0244. The van der Waals surface area contributed by atoms with Gasteiger partial charge in [0.1, 0.15) is 17.7 Å². The first-order valence-electron chi connectivity index (χ1n) is 12.0. The van der Waals surface area contributed by atoms with Crippen molar-refractivity contribution in [1.29, 1.82) is 0 Å². The van der Waals surface area contributed by atoms with Crippen LogP contribution in [0, 0.1) is 10.1 Å². The molecule has 1 amide bonds. The van der Waals surface area contributed by atoms with Crippen molar-refractivity contribution in [2.75, 3.05) is 20.3 Å². The molecule has 0 bridgehead atoms. The van der Waals surface area contributed by atoms with Gasteiger partial charge < -0.3 is 24.4 Å². The van der Waals surface area contributed by atoms with Crippen LogP contribution in [0.1, 0.15) is 65.0 Å². The molecule has 0 aliphatic heterocycles. The lowest BCUT2D eigenvalue weighted by Crippen LogP contribution is -2.25. The van der Waals surface area contributed by atoms with Crippen molar-refractivity contribution in [3.8, 4) is 11.5 Å². The highest BCUT2D eigenvalue weighted by Crippen LogP contribution is 2.38. The highest BCUT2D eigenvalue weighted by molar-refractivity contribution is 5.94. The summed E-state index contributed by atoms with van der Waals surface area (Å²) in [7, 11) is 1.33. The number of nitro benzene ring substituents is 1. The Morgan fingerprint density at radius 1 is 1.12 bits per heavy atom. The van der Waals surface area contributed by atoms with E-state index in [9.17, 15) is 29.3 Å². The van der Waals surface area contributed by atoms with Crippen molar-refractivity contribution in [2.24, 2.45) is 5.28 Å². The molecule has 1 atom stereocenters. The van der Waals surface area contributed by atoms with E-state index in [4.69, 9.17) is 19.7 Å². The number of nitrogens with zero attached hydrogens (tertiary/aromatic N) is 4. The van der Waals surface area contributed by atoms with Crippen LogP contribution in [0.25, 0.3) is 10.4 Å². The summed E-state index contributed by atoms with van der Waals surface area (Å²) in [4.78, 5) is 64.1. The highest BCUT2D eigenvalue weighted by Gasteiger charge is 2.26. The molecule has 0 aliphatic carbocycles. The van der Waals surface area contributed by atoms with E-state index in [1.165, 1.54) is 44.4 Å². The van der Waals surface area contributed by atoms with Crippen LogP contribution in [-0.2, 0) is 19.2 Å². The average Bonchev–Trinajstić information content (AvgIpc) is 2.95. The zero-order valence-electron chi connectivity index (χ0n) is 21.7. The van der Waals surface area contributed by atoms with E-state index in [1.54, 1.807) is 0 Å². The summed E-state index contributed by atoms with van der Waals surface area (Å²) in [5.74, 6) is -1.57. The topological polar surface area (TPSA) is 209 Å². The summed E-state index contributed by atoms with van der Waals surface area (Å²) in [5.41, 5.74) is 8.64. The zero-order valence-corrected chi connectivity index (χ0v) is 21.7. The van der Waals surface area contributed by atoms with Crippen LogP contribution < -0.4 is 14.8 Å². The quantitative estimate of drug-likeness (QED) is 0.0455. The van der Waals surface area contributed by atoms with Crippen molar-refractivity contribution in [3.05, 3.63) is 73.6 Å². The molecule has 40 heavy (non-hydrogen) atoms. The maximum Gasteiger partial charge on any atom is 0.317 e. The Morgan fingerprint density at radius 2 is 1.82 bits per heavy atom. The molecule has 0 fully saturated rings. The second-order valence-electron chi connectivity index (χ2n) is 8.14. The first kappa shape index (κ1) is 31.1. The Morgan fingerprint density at radius 3 is 2.45 bits per heavy atom. The highest BCUT2D eigenvalue weighted by atomic mass is 16.7. The van der Waals surface area contributed by atoms with Crippen molar-refractivity contribution in [3.63, 3.8) is 0 Å². The lowest BCUT2D eigenvalue weighted by Gasteiger charge is -2.17. The molecule has 0 spiro atoms. The normalized spacial score (nSPS) is 10.8. The molecule has 15 nitrogen and oxygen atoms in total. The molecule has 0 saturated carbocycles. The van der Waals surface area contributed by atoms with E-state index in [1.807, 2.05) is 0 Å². The van der Waals surface area contributed by atoms with E-state index in [2.05, 4.69) is 20.3 Å². The molecule has 0 aromatic heterocycles. The maximum atomic E-state index is 12.4. The van der Waals surface area contributed by atoms with Gasteiger partial charge in [-0.05, 0) is 43.5 Å². The molecular weight excluding hydrogens is 530 g/mol. The SMILES string of the molecule is COc1cc(C(C)OC(=O)CCCNC(=O)c2ccc(C=O)cc2)c([N+](=O)[O-])cc1OCCCC(=O)ON=[N+]=[N-]. The van der Waals surface area contributed by atoms with E-state index in [-0.39, 0.29) is 67.5 Å². The standard InChI is InChI=1S/C25H27N5O10/c1-16(39-23(32)5-3-11-27-25(34)18-9-7-17(15-31)8-10-18)19-13-21(37-2)22(14-20(19)30(35)36)38-12-4-6-24(33)40-29-28-26/h7-10,13-16H,3-6,11-12H2,1-2H3,(H,27,34). The predicted octanol–water partition coefficient (Wildman–Crippen LogP) is 4.16. The summed E-state index contributed by atoms with van der Waals surface area (Å²) < 4.78 is 16.2. The van der Waals surface area contributed by atoms with Gasteiger partial charge in [-0.3, -0.25) is 29.3 Å². The van der Waals surface area contributed by atoms with Crippen LogP contribution in [-0.4, -0.2) is 49.3 Å². The number of aldehydes is 1. The first-order chi connectivity index (χ1) is 19.2. The number of carbonyl (C=O) groups is 4. The maximum absolute atomic E-state index is 12.4. The summed E-state index contributed by atoms with van der Waals surface area (Å²) in [6, 6.07) is 8.52. The number of amides is 1. The molecule has 2 aromatic rings. The van der Waals surface area contributed by atoms with Gasteiger partial charge in [0.05, 0.1) is 30.3 Å². The largest absolute Gasteiger partial charge is 0.493 e. The van der Waals surface area contributed by atoms with Crippen LogP contribution in [0.2, 0.25) is 0 Å². The van der Waals surface area contributed by atoms with Crippen molar-refractivity contribution in [2.45, 2.75) is 38.7 Å². The van der Waals surface area contributed by atoms with Crippen LogP contribution in [0.15, 0.2) is 41.7 Å².